The molecule has 0 aromatic rings. The van der Waals surface area contributed by atoms with Gasteiger partial charge in [0.2, 0.25) is 0 Å². The molecule has 1 atom stereocenters. The minimum atomic E-state index is 0.900. The molecule has 13 heavy (non-hydrogen) atoms. The lowest BCUT2D eigenvalue weighted by molar-refractivity contribution is 0.343. The molecule has 1 aliphatic heterocycles. The second-order valence-electron chi connectivity index (χ2n) is 3.71. The molecule has 3 heteroatoms. The maximum atomic E-state index is 3.27. The lowest BCUT2D eigenvalue weighted by Gasteiger charge is -2.15. The first kappa shape index (κ1) is 11.3. The smallest absolute Gasteiger partial charge is 0.00725 e. The molecule has 0 saturated carbocycles. The zero-order valence-corrected chi connectivity index (χ0v) is 9.70. The zero-order valence-electron chi connectivity index (χ0n) is 8.88. The molecule has 1 N–H and O–H groups in total. The van der Waals surface area contributed by atoms with Gasteiger partial charge in [0.15, 0.2) is 0 Å². The van der Waals surface area contributed by atoms with Crippen LogP contribution in [0.25, 0.3) is 0 Å². The van der Waals surface area contributed by atoms with Crippen molar-refractivity contribution in [2.45, 2.75) is 13.3 Å². The second kappa shape index (κ2) is 6.68. The molecule has 1 heterocycles. The van der Waals surface area contributed by atoms with Gasteiger partial charge in [0.25, 0.3) is 0 Å². The van der Waals surface area contributed by atoms with Gasteiger partial charge in [0.1, 0.15) is 0 Å². The summed E-state index contributed by atoms with van der Waals surface area (Å²) < 4.78 is 0. The van der Waals surface area contributed by atoms with Crippen molar-refractivity contribution >= 4 is 11.8 Å². The van der Waals surface area contributed by atoms with Crippen molar-refractivity contribution in [2.75, 3.05) is 44.7 Å². The van der Waals surface area contributed by atoms with Crippen molar-refractivity contribution < 1.29 is 0 Å². The van der Waals surface area contributed by atoms with E-state index in [0.29, 0.717) is 0 Å². The Balaban J connectivity index is 2.03. The highest BCUT2D eigenvalue weighted by Gasteiger charge is 2.20. The Morgan fingerprint density at radius 1 is 1.54 bits per heavy atom. The third-order valence-electron chi connectivity index (χ3n) is 2.62. The molecule has 0 spiro atoms. The maximum Gasteiger partial charge on any atom is 0.00725 e. The van der Waals surface area contributed by atoms with Gasteiger partial charge in [0.05, 0.1) is 0 Å². The number of nitrogens with zero attached hydrogens (tertiary/aromatic N) is 1. The molecular weight excluding hydrogens is 180 g/mol. The molecule has 2 nitrogen and oxygen atoms in total. The van der Waals surface area contributed by atoms with E-state index in [4.69, 9.17) is 0 Å². The van der Waals surface area contributed by atoms with E-state index in [9.17, 15) is 0 Å². The first-order chi connectivity index (χ1) is 6.36. The van der Waals surface area contributed by atoms with Gasteiger partial charge < -0.3 is 10.2 Å². The fraction of sp³-hybridized carbons (Fsp3) is 1.00. The molecule has 1 saturated heterocycles. The predicted octanol–water partition coefficient (Wildman–Crippen LogP) is 1.28. The van der Waals surface area contributed by atoms with Crippen molar-refractivity contribution in [2.24, 2.45) is 5.92 Å². The van der Waals surface area contributed by atoms with E-state index in [1.165, 1.54) is 44.1 Å². The van der Waals surface area contributed by atoms with Gasteiger partial charge in [-0.25, -0.2) is 0 Å². The van der Waals surface area contributed by atoms with Crippen LogP contribution in [-0.4, -0.2) is 49.6 Å². The topological polar surface area (TPSA) is 15.3 Å². The third kappa shape index (κ3) is 4.34. The van der Waals surface area contributed by atoms with Crippen LogP contribution in [0.2, 0.25) is 0 Å². The van der Waals surface area contributed by atoms with Crippen molar-refractivity contribution in [3.8, 4) is 0 Å². The summed E-state index contributed by atoms with van der Waals surface area (Å²) in [6.07, 6.45) is 1.39. The van der Waals surface area contributed by atoms with Gasteiger partial charge in [-0.05, 0) is 38.2 Å². The second-order valence-corrected chi connectivity index (χ2v) is 5.10. The summed E-state index contributed by atoms with van der Waals surface area (Å²) >= 11 is 2.05. The molecule has 1 aliphatic rings. The van der Waals surface area contributed by atoms with Gasteiger partial charge >= 0.3 is 0 Å². The Kier molecular flexibility index (Phi) is 5.83. The van der Waals surface area contributed by atoms with E-state index in [2.05, 4.69) is 35.9 Å². The quantitative estimate of drug-likeness (QED) is 0.653. The molecule has 0 bridgehead atoms. The fourth-order valence-electron chi connectivity index (χ4n) is 1.91. The van der Waals surface area contributed by atoms with Crippen LogP contribution in [0.4, 0.5) is 0 Å². The predicted molar refractivity (Wildman–Crippen MR) is 61.5 cm³/mol. The van der Waals surface area contributed by atoms with Crippen LogP contribution >= 0.6 is 11.8 Å². The van der Waals surface area contributed by atoms with Crippen molar-refractivity contribution in [1.82, 2.24) is 10.2 Å². The number of thioether (sulfide) groups is 1. The lowest BCUT2D eigenvalue weighted by atomic mass is 10.1. The fourth-order valence-corrected chi connectivity index (χ4v) is 2.59. The number of likely N-dealkylation sites (tertiary alicyclic amines) is 1. The molecular formula is C10H22N2S. The molecule has 0 aromatic carbocycles. The van der Waals surface area contributed by atoms with E-state index in [-0.39, 0.29) is 0 Å². The summed E-state index contributed by atoms with van der Waals surface area (Å²) in [4.78, 5) is 2.60. The Labute approximate surface area is 86.5 Å². The molecule has 0 amide bonds. The van der Waals surface area contributed by atoms with Crippen LogP contribution < -0.4 is 5.32 Å². The Morgan fingerprint density at radius 3 is 3.08 bits per heavy atom. The molecule has 78 valence electrons. The van der Waals surface area contributed by atoms with E-state index >= 15 is 0 Å². The largest absolute Gasteiger partial charge is 0.319 e. The highest BCUT2D eigenvalue weighted by Crippen LogP contribution is 2.15. The SMILES string of the molecule is CCSCCN1CCC(CNC)C1. The number of nitrogens with one attached hydrogen (secondary N) is 1. The number of hydrogen-bond acceptors (Lipinski definition) is 3. The first-order valence-electron chi connectivity index (χ1n) is 5.31. The molecule has 0 aliphatic carbocycles. The molecule has 1 rings (SSSR count). The van der Waals surface area contributed by atoms with Crippen LogP contribution in [0.15, 0.2) is 0 Å². The van der Waals surface area contributed by atoms with Crippen LogP contribution in [0, 0.1) is 5.92 Å². The number of rotatable bonds is 6. The highest BCUT2D eigenvalue weighted by atomic mass is 32.2. The zero-order chi connectivity index (χ0) is 9.52. The van der Waals surface area contributed by atoms with E-state index in [0.717, 1.165) is 5.92 Å². The van der Waals surface area contributed by atoms with Crippen LogP contribution in [0.3, 0.4) is 0 Å². The average molecular weight is 202 g/mol. The normalized spacial score (nSPS) is 24.0. The Hall–Kier alpha value is 0.270. The minimum Gasteiger partial charge on any atom is -0.319 e. The van der Waals surface area contributed by atoms with Gasteiger partial charge in [-0.15, -0.1) is 0 Å². The molecule has 1 fully saturated rings. The summed E-state index contributed by atoms with van der Waals surface area (Å²) in [6.45, 7) is 7.34. The van der Waals surface area contributed by atoms with Gasteiger partial charge in [-0.1, -0.05) is 6.92 Å². The van der Waals surface area contributed by atoms with Crippen molar-refractivity contribution in [3.05, 3.63) is 0 Å². The summed E-state index contributed by atoms with van der Waals surface area (Å²) in [5.41, 5.74) is 0. The third-order valence-corrected chi connectivity index (χ3v) is 3.50. The monoisotopic (exact) mass is 202 g/mol. The Morgan fingerprint density at radius 2 is 2.38 bits per heavy atom. The molecule has 0 radical (unpaired) electrons. The molecule has 0 aromatic heterocycles. The first-order valence-corrected chi connectivity index (χ1v) is 6.47. The van der Waals surface area contributed by atoms with Gasteiger partial charge in [-0.3, -0.25) is 0 Å². The summed E-state index contributed by atoms with van der Waals surface area (Å²) in [6, 6.07) is 0. The van der Waals surface area contributed by atoms with Crippen LogP contribution in [0.5, 0.6) is 0 Å². The van der Waals surface area contributed by atoms with E-state index in [1.54, 1.807) is 0 Å². The lowest BCUT2D eigenvalue weighted by Crippen LogP contribution is -2.26. The van der Waals surface area contributed by atoms with Crippen molar-refractivity contribution in [1.29, 1.82) is 0 Å². The van der Waals surface area contributed by atoms with E-state index < -0.39 is 0 Å². The summed E-state index contributed by atoms with van der Waals surface area (Å²) in [5.74, 6) is 3.47. The summed E-state index contributed by atoms with van der Waals surface area (Å²) in [7, 11) is 2.05. The minimum absolute atomic E-state index is 0.900. The molecule has 1 unspecified atom stereocenters. The maximum absolute atomic E-state index is 3.27. The van der Waals surface area contributed by atoms with Gasteiger partial charge in [-0.2, -0.15) is 11.8 Å². The van der Waals surface area contributed by atoms with Crippen LogP contribution in [0.1, 0.15) is 13.3 Å². The average Bonchev–Trinajstić information content (AvgIpc) is 2.54. The Bertz CT molecular complexity index is 130. The van der Waals surface area contributed by atoms with Crippen molar-refractivity contribution in [3.63, 3.8) is 0 Å². The highest BCUT2D eigenvalue weighted by molar-refractivity contribution is 7.99. The van der Waals surface area contributed by atoms with E-state index in [1.807, 2.05) is 0 Å². The van der Waals surface area contributed by atoms with Crippen LogP contribution in [-0.2, 0) is 0 Å². The standard InChI is InChI=1S/C10H22N2S/c1-3-13-7-6-12-5-4-10(9-12)8-11-2/h10-11H,3-9H2,1-2H3. The summed E-state index contributed by atoms with van der Waals surface area (Å²) in [5, 5.41) is 3.27. The number of hydrogen-bond donors (Lipinski definition) is 1. The van der Waals surface area contributed by atoms with Gasteiger partial charge in [0, 0.05) is 18.8 Å².